The molecule has 4 rings (SSSR count). The number of carbonyl (C=O) groups excluding carboxylic acids is 2. The third kappa shape index (κ3) is 4.33. The number of hydrogen-bond acceptors (Lipinski definition) is 5. The lowest BCUT2D eigenvalue weighted by atomic mass is 9.93. The highest BCUT2D eigenvalue weighted by Crippen LogP contribution is 2.36. The van der Waals surface area contributed by atoms with E-state index in [1.54, 1.807) is 4.90 Å². The molecule has 0 saturated carbocycles. The molecule has 2 aromatic rings. The SMILES string of the molecule is NC1(C(=O)OCC2CCN(C(=O)OCc3ccccc3)CC2)CCc2ccccc21. The molecule has 1 heterocycles. The Morgan fingerprint density at radius 1 is 1.00 bits per heavy atom. The number of esters is 1. The van der Waals surface area contributed by atoms with Crippen LogP contribution in [0, 0.1) is 5.92 Å². The standard InChI is InChI=1S/C24H28N2O4/c25-24(13-10-20-8-4-5-9-21(20)24)22(27)29-16-19-11-14-26(15-12-19)23(28)30-17-18-6-2-1-3-7-18/h1-9,19H,10-17,25H2. The monoisotopic (exact) mass is 408 g/mol. The van der Waals surface area contributed by atoms with Gasteiger partial charge in [0.2, 0.25) is 0 Å². The van der Waals surface area contributed by atoms with Crippen molar-refractivity contribution in [2.75, 3.05) is 19.7 Å². The molecule has 0 aromatic heterocycles. The van der Waals surface area contributed by atoms with Gasteiger partial charge in [-0.25, -0.2) is 9.59 Å². The summed E-state index contributed by atoms with van der Waals surface area (Å²) in [5.41, 5.74) is 8.36. The normalized spacial score (nSPS) is 21.2. The summed E-state index contributed by atoms with van der Waals surface area (Å²) < 4.78 is 11.0. The van der Waals surface area contributed by atoms with Crippen molar-refractivity contribution in [1.82, 2.24) is 4.90 Å². The summed E-state index contributed by atoms with van der Waals surface area (Å²) in [5.74, 6) is -0.121. The van der Waals surface area contributed by atoms with Crippen LogP contribution in [0.15, 0.2) is 54.6 Å². The van der Waals surface area contributed by atoms with Crippen molar-refractivity contribution in [2.24, 2.45) is 11.7 Å². The van der Waals surface area contributed by atoms with E-state index in [4.69, 9.17) is 15.2 Å². The first-order chi connectivity index (χ1) is 14.6. The molecule has 1 fully saturated rings. The van der Waals surface area contributed by atoms with E-state index in [1.807, 2.05) is 54.6 Å². The van der Waals surface area contributed by atoms with Crippen LogP contribution in [0.1, 0.15) is 36.0 Å². The number of nitrogens with zero attached hydrogens (tertiary/aromatic N) is 1. The Bertz CT molecular complexity index is 893. The minimum Gasteiger partial charge on any atom is -0.464 e. The molecular weight excluding hydrogens is 380 g/mol. The molecule has 30 heavy (non-hydrogen) atoms. The van der Waals surface area contributed by atoms with E-state index in [2.05, 4.69) is 0 Å². The molecule has 0 bridgehead atoms. The molecule has 1 saturated heterocycles. The van der Waals surface area contributed by atoms with Gasteiger partial charge >= 0.3 is 12.1 Å². The molecule has 158 valence electrons. The molecule has 0 spiro atoms. The van der Waals surface area contributed by atoms with Crippen LogP contribution in [-0.4, -0.2) is 36.7 Å². The quantitative estimate of drug-likeness (QED) is 0.767. The first kappa shape index (κ1) is 20.4. The van der Waals surface area contributed by atoms with E-state index >= 15 is 0 Å². The predicted molar refractivity (Wildman–Crippen MR) is 113 cm³/mol. The first-order valence-electron chi connectivity index (χ1n) is 10.6. The second-order valence-electron chi connectivity index (χ2n) is 8.20. The molecule has 1 aliphatic carbocycles. The van der Waals surface area contributed by atoms with Gasteiger partial charge in [-0.05, 0) is 48.3 Å². The van der Waals surface area contributed by atoms with Crippen molar-refractivity contribution < 1.29 is 19.1 Å². The third-order valence-electron chi connectivity index (χ3n) is 6.18. The summed E-state index contributed by atoms with van der Waals surface area (Å²) in [6.07, 6.45) is 2.64. The van der Waals surface area contributed by atoms with Gasteiger partial charge in [-0.3, -0.25) is 0 Å². The van der Waals surface area contributed by atoms with E-state index in [1.165, 1.54) is 0 Å². The highest BCUT2D eigenvalue weighted by Gasteiger charge is 2.43. The fraction of sp³-hybridized carbons (Fsp3) is 0.417. The van der Waals surface area contributed by atoms with Crippen molar-refractivity contribution in [3.05, 3.63) is 71.3 Å². The molecule has 2 aromatic carbocycles. The lowest BCUT2D eigenvalue weighted by molar-refractivity contribution is -0.152. The van der Waals surface area contributed by atoms with Crippen LogP contribution in [0.25, 0.3) is 0 Å². The highest BCUT2D eigenvalue weighted by atomic mass is 16.6. The summed E-state index contributed by atoms with van der Waals surface area (Å²) >= 11 is 0. The predicted octanol–water partition coefficient (Wildman–Crippen LogP) is 3.38. The van der Waals surface area contributed by atoms with Gasteiger partial charge in [0.1, 0.15) is 12.1 Å². The number of nitrogens with two attached hydrogens (primary N) is 1. The Morgan fingerprint density at radius 2 is 1.70 bits per heavy atom. The van der Waals surface area contributed by atoms with Crippen molar-refractivity contribution in [2.45, 2.75) is 37.8 Å². The van der Waals surface area contributed by atoms with E-state index in [0.29, 0.717) is 26.1 Å². The van der Waals surface area contributed by atoms with E-state index < -0.39 is 5.54 Å². The number of ether oxygens (including phenoxy) is 2. The average molecular weight is 408 g/mol. The summed E-state index contributed by atoms with van der Waals surface area (Å²) in [5, 5.41) is 0. The number of piperidine rings is 1. The largest absolute Gasteiger partial charge is 0.464 e. The lowest BCUT2D eigenvalue weighted by Crippen LogP contribution is -2.45. The fourth-order valence-electron chi connectivity index (χ4n) is 4.27. The minimum atomic E-state index is -1.04. The molecule has 2 N–H and O–H groups in total. The van der Waals surface area contributed by atoms with Crippen molar-refractivity contribution in [3.63, 3.8) is 0 Å². The van der Waals surface area contributed by atoms with Crippen LogP contribution in [0.5, 0.6) is 0 Å². The van der Waals surface area contributed by atoms with Gasteiger partial charge in [-0.15, -0.1) is 0 Å². The van der Waals surface area contributed by atoms with E-state index in [9.17, 15) is 9.59 Å². The maximum absolute atomic E-state index is 12.7. The zero-order valence-corrected chi connectivity index (χ0v) is 17.1. The second kappa shape index (κ2) is 8.88. The van der Waals surface area contributed by atoms with Crippen molar-refractivity contribution in [1.29, 1.82) is 0 Å². The summed E-state index contributed by atoms with van der Waals surface area (Å²) in [6, 6.07) is 17.5. The fourth-order valence-corrected chi connectivity index (χ4v) is 4.27. The Balaban J connectivity index is 1.22. The number of likely N-dealkylation sites (tertiary alicyclic amines) is 1. The molecule has 1 unspecified atom stereocenters. The van der Waals surface area contributed by atoms with E-state index in [-0.39, 0.29) is 24.6 Å². The van der Waals surface area contributed by atoms with Crippen LogP contribution in [0.4, 0.5) is 4.79 Å². The molecule has 2 aliphatic rings. The zero-order valence-electron chi connectivity index (χ0n) is 17.1. The topological polar surface area (TPSA) is 81.9 Å². The summed E-state index contributed by atoms with van der Waals surface area (Å²) in [4.78, 5) is 26.7. The number of amides is 1. The molecule has 1 aliphatic heterocycles. The number of rotatable bonds is 5. The molecule has 1 atom stereocenters. The van der Waals surface area contributed by atoms with Crippen LogP contribution in [-0.2, 0) is 32.8 Å². The van der Waals surface area contributed by atoms with Gasteiger partial charge in [-0.2, -0.15) is 0 Å². The van der Waals surface area contributed by atoms with Crippen LogP contribution in [0.3, 0.4) is 0 Å². The third-order valence-corrected chi connectivity index (χ3v) is 6.18. The summed E-state index contributed by atoms with van der Waals surface area (Å²) in [7, 11) is 0. The number of fused-ring (bicyclic) bond motifs is 1. The minimum absolute atomic E-state index is 0.229. The second-order valence-corrected chi connectivity index (χ2v) is 8.20. The van der Waals surface area contributed by atoms with Crippen LogP contribution < -0.4 is 5.73 Å². The summed E-state index contributed by atoms with van der Waals surface area (Å²) in [6.45, 7) is 1.82. The maximum atomic E-state index is 12.7. The molecular formula is C24H28N2O4. The molecule has 1 amide bonds. The number of benzene rings is 2. The molecule has 6 nitrogen and oxygen atoms in total. The van der Waals surface area contributed by atoms with E-state index in [0.717, 1.165) is 36.0 Å². The van der Waals surface area contributed by atoms with Gasteiger partial charge in [0.15, 0.2) is 0 Å². The van der Waals surface area contributed by atoms with Gasteiger partial charge in [0.25, 0.3) is 0 Å². The Kier molecular flexibility index (Phi) is 6.04. The van der Waals surface area contributed by atoms with Gasteiger partial charge < -0.3 is 20.1 Å². The number of aryl methyl sites for hydroxylation is 1. The van der Waals surface area contributed by atoms with Gasteiger partial charge in [-0.1, -0.05) is 54.6 Å². The maximum Gasteiger partial charge on any atom is 0.410 e. The van der Waals surface area contributed by atoms with Crippen LogP contribution in [0.2, 0.25) is 0 Å². The zero-order chi connectivity index (χ0) is 21.0. The first-order valence-corrected chi connectivity index (χ1v) is 10.6. The number of carbonyl (C=O) groups is 2. The Labute approximate surface area is 177 Å². The molecule has 6 heteroatoms. The highest BCUT2D eigenvalue weighted by molar-refractivity contribution is 5.84. The lowest BCUT2D eigenvalue weighted by Gasteiger charge is -2.32. The smallest absolute Gasteiger partial charge is 0.410 e. The number of hydrogen-bond donors (Lipinski definition) is 1. The Morgan fingerprint density at radius 3 is 2.47 bits per heavy atom. The van der Waals surface area contributed by atoms with Crippen LogP contribution >= 0.6 is 0 Å². The Hall–Kier alpha value is -2.86. The van der Waals surface area contributed by atoms with Gasteiger partial charge in [0, 0.05) is 13.1 Å². The van der Waals surface area contributed by atoms with Gasteiger partial charge in [0.05, 0.1) is 6.61 Å². The molecule has 0 radical (unpaired) electrons. The van der Waals surface area contributed by atoms with Crippen molar-refractivity contribution >= 4 is 12.1 Å². The average Bonchev–Trinajstić information content (AvgIpc) is 3.15. The van der Waals surface area contributed by atoms with Crippen molar-refractivity contribution in [3.8, 4) is 0 Å².